The highest BCUT2D eigenvalue weighted by molar-refractivity contribution is 9.10. The number of amides is 3. The van der Waals surface area contributed by atoms with Crippen LogP contribution < -0.4 is 36.5 Å². The number of carbonyl (C=O) groups is 3. The number of piperazine rings is 2. The molecule has 396 valence electrons. The highest BCUT2D eigenvalue weighted by atomic mass is 79.9. The number of fused-ring (bicyclic) bond motifs is 1. The minimum absolute atomic E-state index is 0.0665. The van der Waals surface area contributed by atoms with Gasteiger partial charge in [0.15, 0.2) is 0 Å². The second-order valence-electron chi connectivity index (χ2n) is 20.0. The van der Waals surface area contributed by atoms with Crippen molar-refractivity contribution in [3.05, 3.63) is 80.7 Å². The summed E-state index contributed by atoms with van der Waals surface area (Å²) in [6, 6.07) is 8.11. The van der Waals surface area contributed by atoms with Crippen molar-refractivity contribution in [2.45, 2.75) is 71.6 Å². The summed E-state index contributed by atoms with van der Waals surface area (Å²) in [5.74, 6) is -2.35. The quantitative estimate of drug-likeness (QED) is 0.0907. The number of nitrogens with zero attached hydrogens (tertiary/aromatic N) is 9. The van der Waals surface area contributed by atoms with Gasteiger partial charge >= 0.3 is 0 Å². The molecule has 3 amide bonds. The molecule has 1 aliphatic carbocycles. The third kappa shape index (κ3) is 11.4. The summed E-state index contributed by atoms with van der Waals surface area (Å²) in [4.78, 5) is 71.0. The first-order valence-corrected chi connectivity index (χ1v) is 29.2. The van der Waals surface area contributed by atoms with E-state index in [1.165, 1.54) is 16.8 Å². The molecule has 4 aromatic rings. The molecule has 74 heavy (non-hydrogen) atoms. The van der Waals surface area contributed by atoms with E-state index in [4.69, 9.17) is 9.72 Å². The number of imide groups is 1. The second kappa shape index (κ2) is 22.6. The topological polar surface area (TPSA) is 190 Å². The number of nitrogens with one attached hydrogen (secondary N) is 3. The zero-order chi connectivity index (χ0) is 52.4. The Balaban J connectivity index is 0.773. The van der Waals surface area contributed by atoms with E-state index in [1.807, 2.05) is 23.6 Å². The Kier molecular flexibility index (Phi) is 16.2. The minimum atomic E-state index is -2.93. The van der Waals surface area contributed by atoms with Gasteiger partial charge in [0.25, 0.3) is 5.56 Å². The molecule has 2 unspecified atom stereocenters. The van der Waals surface area contributed by atoms with E-state index in [0.29, 0.717) is 114 Å². The molecule has 3 atom stereocenters. The summed E-state index contributed by atoms with van der Waals surface area (Å²) >= 11 is 3.59. The van der Waals surface area contributed by atoms with Crippen molar-refractivity contribution in [3.63, 3.8) is 0 Å². The fourth-order valence-corrected chi connectivity index (χ4v) is 12.9. The Hall–Kier alpha value is -5.76. The molecular formula is C52H66BrF2N12O6P. The van der Waals surface area contributed by atoms with E-state index >= 15 is 8.78 Å². The normalized spacial score (nSPS) is 21.6. The van der Waals surface area contributed by atoms with E-state index in [9.17, 15) is 23.7 Å². The van der Waals surface area contributed by atoms with Crippen LogP contribution >= 0.6 is 23.1 Å². The van der Waals surface area contributed by atoms with Crippen LogP contribution in [0, 0.1) is 11.8 Å². The number of carbonyl (C=O) groups excluding carboxylic acids is 3. The lowest BCUT2D eigenvalue weighted by Crippen LogP contribution is -2.56. The Bertz CT molecular complexity index is 2960. The first-order valence-electron chi connectivity index (χ1n) is 25.8. The van der Waals surface area contributed by atoms with Crippen molar-refractivity contribution in [3.8, 4) is 5.75 Å². The van der Waals surface area contributed by atoms with Gasteiger partial charge in [0.1, 0.15) is 30.7 Å². The molecule has 0 spiro atoms. The van der Waals surface area contributed by atoms with Crippen LogP contribution in [0.4, 0.5) is 37.6 Å². The molecule has 4 fully saturated rings. The maximum absolute atomic E-state index is 15.4. The smallest absolute Gasteiger partial charge is 0.274 e. The summed E-state index contributed by atoms with van der Waals surface area (Å²) in [5, 5.41) is 14.8. The van der Waals surface area contributed by atoms with E-state index in [2.05, 4.69) is 75.7 Å². The van der Waals surface area contributed by atoms with Crippen molar-refractivity contribution < 1.29 is 32.5 Å². The monoisotopic (exact) mass is 1100 g/mol. The number of aromatic nitrogens is 4. The molecule has 3 N–H and O–H groups in total. The van der Waals surface area contributed by atoms with Crippen LogP contribution in [-0.4, -0.2) is 161 Å². The summed E-state index contributed by atoms with van der Waals surface area (Å²) in [7, 11) is -2.93. The first kappa shape index (κ1) is 53.1. The van der Waals surface area contributed by atoms with Crippen molar-refractivity contribution in [2.24, 2.45) is 11.8 Å². The largest absolute Gasteiger partial charge is 0.492 e. The molecule has 0 saturated carbocycles. The average molecular weight is 1100 g/mol. The Morgan fingerprint density at radius 1 is 0.905 bits per heavy atom. The van der Waals surface area contributed by atoms with Gasteiger partial charge in [0.2, 0.25) is 23.7 Å². The molecule has 18 nitrogen and oxygen atoms in total. The lowest BCUT2D eigenvalue weighted by molar-refractivity contribution is -0.138. The molecule has 0 bridgehead atoms. The van der Waals surface area contributed by atoms with Crippen LogP contribution in [0.3, 0.4) is 0 Å². The Labute approximate surface area is 438 Å². The van der Waals surface area contributed by atoms with Gasteiger partial charge in [-0.2, -0.15) is 10.1 Å². The van der Waals surface area contributed by atoms with Crippen LogP contribution in [0.1, 0.15) is 52.0 Å². The number of anilines is 5. The van der Waals surface area contributed by atoms with Gasteiger partial charge in [-0.1, -0.05) is 6.92 Å². The van der Waals surface area contributed by atoms with Crippen molar-refractivity contribution in [1.82, 2.24) is 44.7 Å². The highest BCUT2D eigenvalue weighted by Gasteiger charge is 2.42. The molecule has 9 rings (SSSR count). The van der Waals surface area contributed by atoms with Crippen molar-refractivity contribution in [1.29, 1.82) is 0 Å². The summed E-state index contributed by atoms with van der Waals surface area (Å²) < 4.78 is 52.7. The van der Waals surface area contributed by atoms with Crippen molar-refractivity contribution in [2.75, 3.05) is 107 Å². The Morgan fingerprint density at radius 2 is 1.65 bits per heavy atom. The van der Waals surface area contributed by atoms with Gasteiger partial charge in [-0.25, -0.2) is 18.4 Å². The van der Waals surface area contributed by atoms with Gasteiger partial charge in [-0.05, 0) is 105 Å². The zero-order valence-electron chi connectivity index (χ0n) is 42.7. The number of benzene rings is 2. The zero-order valence-corrected chi connectivity index (χ0v) is 45.2. The van der Waals surface area contributed by atoms with Gasteiger partial charge < -0.3 is 34.6 Å². The van der Waals surface area contributed by atoms with E-state index in [1.54, 1.807) is 37.9 Å². The number of halogens is 3. The summed E-state index contributed by atoms with van der Waals surface area (Å²) in [6.45, 7) is 17.4. The number of aryl methyl sites for hydroxylation is 2. The molecule has 4 saturated heterocycles. The molecule has 6 heterocycles. The van der Waals surface area contributed by atoms with E-state index in [-0.39, 0.29) is 24.3 Å². The molecule has 4 aliphatic heterocycles. The second-order valence-corrected chi connectivity index (χ2v) is 24.0. The summed E-state index contributed by atoms with van der Waals surface area (Å²) in [6.07, 6.45) is 7.22. The van der Waals surface area contributed by atoms with Crippen LogP contribution in [-0.2, 0) is 31.9 Å². The van der Waals surface area contributed by atoms with Crippen LogP contribution in [0.5, 0.6) is 5.75 Å². The molecule has 5 aliphatic rings. The maximum Gasteiger partial charge on any atom is 0.274 e. The highest BCUT2D eigenvalue weighted by Crippen LogP contribution is 2.43. The average Bonchev–Trinajstić information content (AvgIpc) is 3.38. The molecule has 22 heteroatoms. The SMILES string of the molecule is CCOc1cc(N2CCC(N3CCN(C(=O)CN4CCN(C5=CC(F)C([C@H]6CCC(=O)NC6=O)C(F)=C5)CC4)CC3)CC2)c(CC)cc1Nc1ncc(Br)c(Nc2ccc3c(=O)n(CC)ncc3c2P(C)(C)=O)n1. The summed E-state index contributed by atoms with van der Waals surface area (Å²) in [5.41, 5.74) is 3.78. The third-order valence-electron chi connectivity index (χ3n) is 15.0. The predicted octanol–water partition coefficient (Wildman–Crippen LogP) is 6.15. The number of hydrogen-bond donors (Lipinski definition) is 3. The lowest BCUT2D eigenvalue weighted by atomic mass is 9.79. The number of hydrogen-bond acceptors (Lipinski definition) is 15. The van der Waals surface area contributed by atoms with E-state index in [0.717, 1.165) is 62.4 Å². The van der Waals surface area contributed by atoms with Crippen LogP contribution in [0.15, 0.2) is 69.6 Å². The standard InChI is InChI=1S/C52H66BrF2N12O6P/c1-6-32-25-42(59-52-56-30-38(53)49(61-52)58-41-11-9-35-37(48(41)74(4,5)72)29-57-67(7-2)51(35)71)44(73-8-3)28-43(32)65-15-13-33(14-16-65)63-21-23-66(24-22-63)46(69)31-62-17-19-64(20-18-62)34-26-39(54)47(40(55)27-34)36-10-12-45(68)60-50(36)70/h9,11,25-30,33,36,39,47H,6-8,10,12-24,31H2,1-5H3,(H,60,68,70)(H2,56,58,59,61)/t36-,39?,47?/m1/s1. The van der Waals surface area contributed by atoms with Gasteiger partial charge in [0, 0.05) is 119 Å². The molecular weight excluding hydrogens is 1040 g/mol. The molecule has 2 aromatic heterocycles. The van der Waals surface area contributed by atoms with Crippen molar-refractivity contribution >= 4 is 85.7 Å². The first-order chi connectivity index (χ1) is 35.5. The number of rotatable bonds is 15. The van der Waals surface area contributed by atoms with E-state index < -0.39 is 42.8 Å². The fourth-order valence-electron chi connectivity index (χ4n) is 11.1. The van der Waals surface area contributed by atoms with Gasteiger partial charge in [0.05, 0.1) is 52.4 Å². The number of piperidine rings is 2. The molecule has 2 aromatic carbocycles. The number of alkyl halides is 1. The maximum atomic E-state index is 15.4. The lowest BCUT2D eigenvalue weighted by Gasteiger charge is -2.44. The third-order valence-corrected chi connectivity index (χ3v) is 17.2. The fraction of sp³-hybridized carbons (Fsp3) is 0.519. The van der Waals surface area contributed by atoms with Crippen LogP contribution in [0.25, 0.3) is 10.8 Å². The predicted molar refractivity (Wildman–Crippen MR) is 287 cm³/mol. The molecule has 0 radical (unpaired) electrons. The van der Waals surface area contributed by atoms with Crippen LogP contribution in [0.2, 0.25) is 0 Å². The Morgan fingerprint density at radius 3 is 2.31 bits per heavy atom. The minimum Gasteiger partial charge on any atom is -0.492 e. The van der Waals surface area contributed by atoms with Gasteiger partial charge in [-0.15, -0.1) is 0 Å². The number of allylic oxidation sites excluding steroid dienone is 3. The van der Waals surface area contributed by atoms with Gasteiger partial charge in [-0.3, -0.25) is 34.3 Å². The number of ether oxygens (including phenoxy) is 1.